The van der Waals surface area contributed by atoms with Crippen molar-refractivity contribution in [2.24, 2.45) is 34.5 Å². The Balaban J connectivity index is 0.000000293. The third-order valence-electron chi connectivity index (χ3n) is 9.19. The predicted molar refractivity (Wildman–Crippen MR) is 115 cm³/mol. The van der Waals surface area contributed by atoms with Crippen LogP contribution in [0, 0.1) is 34.5 Å². The van der Waals surface area contributed by atoms with E-state index in [9.17, 15) is 19.5 Å². The minimum atomic E-state index is -1.26. The lowest BCUT2D eigenvalue weighted by atomic mass is 9.45. The molecular weight excluding hydrogens is 398 g/mol. The summed E-state index contributed by atoms with van der Waals surface area (Å²) >= 11 is 0. The number of aliphatic hydroxyl groups is 1. The maximum Gasteiger partial charge on any atom is 0.328 e. The van der Waals surface area contributed by atoms with Gasteiger partial charge in [0.1, 0.15) is 5.78 Å². The van der Waals surface area contributed by atoms with Crippen molar-refractivity contribution in [2.75, 3.05) is 7.05 Å². The summed E-state index contributed by atoms with van der Waals surface area (Å²) in [4.78, 5) is 31.0. The quantitative estimate of drug-likeness (QED) is 0.503. The van der Waals surface area contributed by atoms with Crippen molar-refractivity contribution >= 4 is 17.7 Å². The Labute approximate surface area is 184 Å². The maximum atomic E-state index is 11.9. The number of carboxylic acid groups (broad SMARTS) is 2. The zero-order valence-electron chi connectivity index (χ0n) is 18.8. The van der Waals surface area contributed by atoms with Gasteiger partial charge in [0.25, 0.3) is 0 Å². The molecule has 0 saturated heterocycles. The number of rotatable bonds is 3. The summed E-state index contributed by atoms with van der Waals surface area (Å²) in [6.07, 6.45) is 9.70. The van der Waals surface area contributed by atoms with Crippen LogP contribution in [-0.4, -0.2) is 52.2 Å². The SMILES string of the molecule is CN[C@@H]1[C@@H](O)C[C@H]2[C@@H]3CC[C@H]4CC(=O)CC[C@]4(C)[C@H]3CC[C@]12C.O=C(O)/C=C\C(=O)O. The van der Waals surface area contributed by atoms with E-state index in [4.69, 9.17) is 10.2 Å². The van der Waals surface area contributed by atoms with Gasteiger partial charge in [0.05, 0.1) is 6.10 Å². The average Bonchev–Trinajstić information content (AvgIpc) is 2.97. The third kappa shape index (κ3) is 4.44. The fourth-order valence-corrected chi connectivity index (χ4v) is 7.72. The lowest BCUT2D eigenvalue weighted by Gasteiger charge is -2.60. The van der Waals surface area contributed by atoms with Crippen LogP contribution >= 0.6 is 0 Å². The predicted octanol–water partition coefficient (Wildman–Crippen LogP) is 2.87. The summed E-state index contributed by atoms with van der Waals surface area (Å²) in [5.41, 5.74) is 0.629. The molecule has 0 aromatic heterocycles. The molecule has 174 valence electrons. The molecule has 4 N–H and O–H groups in total. The summed E-state index contributed by atoms with van der Waals surface area (Å²) < 4.78 is 0. The maximum absolute atomic E-state index is 11.9. The van der Waals surface area contributed by atoms with Gasteiger partial charge in [-0.15, -0.1) is 0 Å². The number of likely N-dealkylation sites (N-methyl/N-ethyl adjacent to an activating group) is 1. The average molecular weight is 436 g/mol. The van der Waals surface area contributed by atoms with Crippen molar-refractivity contribution in [2.45, 2.75) is 77.4 Å². The molecule has 0 aliphatic heterocycles. The Morgan fingerprint density at radius 3 is 2.23 bits per heavy atom. The zero-order chi connectivity index (χ0) is 23.0. The Morgan fingerprint density at radius 2 is 1.65 bits per heavy atom. The van der Waals surface area contributed by atoms with Crippen molar-refractivity contribution in [3.8, 4) is 0 Å². The van der Waals surface area contributed by atoms with Gasteiger partial charge in [0.2, 0.25) is 0 Å². The third-order valence-corrected chi connectivity index (χ3v) is 9.19. The van der Waals surface area contributed by atoms with Crippen LogP contribution in [0.3, 0.4) is 0 Å². The summed E-state index contributed by atoms with van der Waals surface area (Å²) in [5, 5.41) is 29.6. The number of hydrogen-bond donors (Lipinski definition) is 4. The molecule has 4 fully saturated rings. The highest BCUT2D eigenvalue weighted by molar-refractivity contribution is 5.89. The lowest BCUT2D eigenvalue weighted by molar-refractivity contribution is -0.138. The standard InChI is InChI=1S/C20H33NO2.C4H4O4/c1-19-8-6-13(22)10-12(19)4-5-14-15(19)7-9-20(2)16(14)11-17(23)18(20)21-3;5-3(6)1-2-4(7)8/h12,14-18,21,23H,4-11H2,1-3H3;1-2H,(H,5,6)(H,7,8)/b;2-1-/t12-,14+,15-,16-,17-,18+,19-,20-;/m0./s1. The number of fused-ring (bicyclic) bond motifs is 5. The van der Waals surface area contributed by atoms with Crippen LogP contribution in [-0.2, 0) is 14.4 Å². The molecule has 4 aliphatic rings. The molecule has 0 heterocycles. The van der Waals surface area contributed by atoms with E-state index in [1.807, 2.05) is 7.05 Å². The van der Waals surface area contributed by atoms with Crippen LogP contribution in [0.25, 0.3) is 0 Å². The molecule has 4 rings (SSSR count). The van der Waals surface area contributed by atoms with Crippen molar-refractivity contribution in [1.29, 1.82) is 0 Å². The van der Waals surface area contributed by atoms with Gasteiger partial charge in [-0.3, -0.25) is 4.79 Å². The normalized spacial score (nSPS) is 43.9. The first-order chi connectivity index (χ1) is 14.5. The Kier molecular flexibility index (Phi) is 6.96. The van der Waals surface area contributed by atoms with Crippen LogP contribution in [0.4, 0.5) is 0 Å². The van der Waals surface area contributed by atoms with E-state index in [-0.39, 0.29) is 17.6 Å². The second-order valence-electron chi connectivity index (χ2n) is 10.5. The molecule has 0 aromatic rings. The Morgan fingerprint density at radius 1 is 1.00 bits per heavy atom. The van der Waals surface area contributed by atoms with E-state index in [2.05, 4.69) is 19.2 Å². The Bertz CT molecular complexity index is 734. The fourth-order valence-electron chi connectivity index (χ4n) is 7.72. The largest absolute Gasteiger partial charge is 0.478 e. The van der Waals surface area contributed by atoms with Gasteiger partial charge in [-0.25, -0.2) is 9.59 Å². The molecule has 0 amide bonds. The minimum Gasteiger partial charge on any atom is -0.478 e. The molecule has 0 radical (unpaired) electrons. The van der Waals surface area contributed by atoms with E-state index in [1.54, 1.807) is 0 Å². The summed E-state index contributed by atoms with van der Waals surface area (Å²) in [5.74, 6) is 0.800. The molecule has 0 unspecified atom stereocenters. The molecule has 4 saturated carbocycles. The van der Waals surface area contributed by atoms with Gasteiger partial charge < -0.3 is 20.6 Å². The molecule has 7 heteroatoms. The van der Waals surface area contributed by atoms with Gasteiger partial charge in [-0.1, -0.05) is 13.8 Å². The highest BCUT2D eigenvalue weighted by Gasteiger charge is 2.61. The number of Topliss-reactive ketones (excluding diaryl/α,β-unsaturated/α-hetero) is 1. The number of carboxylic acids is 2. The summed E-state index contributed by atoms with van der Waals surface area (Å²) in [6, 6.07) is 0.256. The van der Waals surface area contributed by atoms with Crippen molar-refractivity contribution in [3.05, 3.63) is 12.2 Å². The van der Waals surface area contributed by atoms with Gasteiger partial charge >= 0.3 is 11.9 Å². The fraction of sp³-hybridized carbons (Fsp3) is 0.792. The van der Waals surface area contributed by atoms with Crippen LogP contribution in [0.5, 0.6) is 0 Å². The van der Waals surface area contributed by atoms with Gasteiger partial charge in [-0.2, -0.15) is 0 Å². The second kappa shape index (κ2) is 9.02. The van der Waals surface area contributed by atoms with Gasteiger partial charge in [-0.05, 0) is 80.1 Å². The molecule has 7 nitrogen and oxygen atoms in total. The molecule has 4 aliphatic carbocycles. The van der Waals surface area contributed by atoms with E-state index in [0.717, 1.165) is 37.5 Å². The first-order valence-corrected chi connectivity index (χ1v) is 11.5. The summed E-state index contributed by atoms with van der Waals surface area (Å²) in [7, 11) is 2.01. The van der Waals surface area contributed by atoms with Crippen LogP contribution in [0.1, 0.15) is 65.2 Å². The molecule has 0 spiro atoms. The van der Waals surface area contributed by atoms with E-state index >= 15 is 0 Å². The highest BCUT2D eigenvalue weighted by Crippen LogP contribution is 2.65. The lowest BCUT2D eigenvalue weighted by Crippen LogP contribution is -2.55. The number of nitrogens with one attached hydrogen (secondary N) is 1. The summed E-state index contributed by atoms with van der Waals surface area (Å²) in [6.45, 7) is 4.91. The van der Waals surface area contributed by atoms with Gasteiger partial charge in [0, 0.05) is 31.0 Å². The molecular formula is C24H37NO6. The number of ketones is 1. The molecule has 8 atom stereocenters. The number of hydrogen-bond acceptors (Lipinski definition) is 5. The van der Waals surface area contributed by atoms with E-state index in [0.29, 0.717) is 35.2 Å². The number of aliphatic carboxylic acids is 2. The molecule has 0 bridgehead atoms. The number of aliphatic hydroxyl groups excluding tert-OH is 1. The monoisotopic (exact) mass is 435 g/mol. The van der Waals surface area contributed by atoms with Crippen molar-refractivity contribution in [3.63, 3.8) is 0 Å². The van der Waals surface area contributed by atoms with Crippen LogP contribution in [0.15, 0.2) is 12.2 Å². The smallest absolute Gasteiger partial charge is 0.328 e. The second-order valence-corrected chi connectivity index (χ2v) is 10.5. The van der Waals surface area contributed by atoms with Crippen LogP contribution in [0.2, 0.25) is 0 Å². The van der Waals surface area contributed by atoms with Crippen LogP contribution < -0.4 is 5.32 Å². The zero-order valence-corrected chi connectivity index (χ0v) is 18.8. The minimum absolute atomic E-state index is 0.188. The molecule has 31 heavy (non-hydrogen) atoms. The van der Waals surface area contributed by atoms with Crippen molar-refractivity contribution in [1.82, 2.24) is 5.32 Å². The van der Waals surface area contributed by atoms with E-state index < -0.39 is 11.9 Å². The van der Waals surface area contributed by atoms with Gasteiger partial charge in [0.15, 0.2) is 0 Å². The number of carbonyl (C=O) groups is 3. The Hall–Kier alpha value is -1.73. The number of carbonyl (C=O) groups excluding carboxylic acids is 1. The van der Waals surface area contributed by atoms with E-state index in [1.165, 1.54) is 25.7 Å². The first-order valence-electron chi connectivity index (χ1n) is 11.5. The first kappa shape index (κ1) is 23.9. The topological polar surface area (TPSA) is 124 Å². The van der Waals surface area contributed by atoms with Crippen molar-refractivity contribution < 1.29 is 29.7 Å². The highest BCUT2D eigenvalue weighted by atomic mass is 16.4. The molecule has 0 aromatic carbocycles.